The minimum atomic E-state index is -1.40. The first kappa shape index (κ1) is 16.5. The van der Waals surface area contributed by atoms with E-state index in [1.807, 2.05) is 0 Å². The van der Waals surface area contributed by atoms with E-state index >= 15 is 0 Å². The predicted molar refractivity (Wildman–Crippen MR) is 81.3 cm³/mol. The van der Waals surface area contributed by atoms with Crippen molar-refractivity contribution in [3.05, 3.63) is 0 Å². The van der Waals surface area contributed by atoms with Crippen LogP contribution in [0.4, 0.5) is 0 Å². The monoisotopic (exact) mass is 353 g/mol. The van der Waals surface area contributed by atoms with Crippen LogP contribution in [0.25, 0.3) is 0 Å². The molecular weight excluding hydrogens is 320 g/mol. The van der Waals surface area contributed by atoms with Crippen molar-refractivity contribution in [2.75, 3.05) is 0 Å². The molecule has 0 heterocycles. The van der Waals surface area contributed by atoms with Crippen LogP contribution >= 0.6 is 5.80 Å². The Balaban J connectivity index is 4.74. The second kappa shape index (κ2) is 7.77. The number of hydrogen-bond acceptors (Lipinski definition) is 0. The summed E-state index contributed by atoms with van der Waals surface area (Å²) in [5.74, 6) is 2.09. The quantitative estimate of drug-likeness (QED) is 0.375. The van der Waals surface area contributed by atoms with Gasteiger partial charge in [0.2, 0.25) is 0 Å². The van der Waals surface area contributed by atoms with E-state index in [1.165, 1.54) is 0 Å². The van der Waals surface area contributed by atoms with Gasteiger partial charge in [-0.15, -0.1) is 0 Å². The van der Waals surface area contributed by atoms with Crippen LogP contribution in [0.5, 0.6) is 0 Å². The molecule has 0 N–H and O–H groups in total. The summed E-state index contributed by atoms with van der Waals surface area (Å²) in [6.07, 6.45) is 0. The van der Waals surface area contributed by atoms with E-state index in [0.717, 1.165) is 0 Å². The van der Waals surface area contributed by atoms with Gasteiger partial charge in [-0.05, 0) is 0 Å². The van der Waals surface area contributed by atoms with Crippen LogP contribution in [0.2, 0.25) is 31.5 Å². The molecule has 15 heavy (non-hydrogen) atoms. The molecule has 0 nitrogen and oxygen atoms in total. The second-order valence-corrected chi connectivity index (χ2v) is 42.7. The molecule has 0 saturated carbocycles. The Labute approximate surface area is 104 Å². The summed E-state index contributed by atoms with van der Waals surface area (Å²) in [4.78, 5) is 0. The first-order valence-corrected chi connectivity index (χ1v) is 22.2. The fourth-order valence-electron chi connectivity index (χ4n) is 2.48. The van der Waals surface area contributed by atoms with Crippen molar-refractivity contribution < 1.29 is 0 Å². The molecule has 0 aliphatic heterocycles. The van der Waals surface area contributed by atoms with E-state index in [4.69, 9.17) is 0 Å². The van der Waals surface area contributed by atoms with E-state index < -0.39 is 25.6 Å². The van der Waals surface area contributed by atoms with Gasteiger partial charge in [0.25, 0.3) is 0 Å². The van der Waals surface area contributed by atoms with Crippen LogP contribution < -0.4 is 0 Å². The molecule has 0 saturated heterocycles. The van der Waals surface area contributed by atoms with E-state index in [2.05, 4.69) is 47.3 Å². The third kappa shape index (κ3) is 4.35. The predicted octanol–water partition coefficient (Wildman–Crippen LogP) is 5.94. The van der Waals surface area contributed by atoms with E-state index in [0.29, 0.717) is 0 Å². The Hall–Kier alpha value is 1.52. The third-order valence-electron chi connectivity index (χ3n) is 4.42. The van der Waals surface area contributed by atoms with Crippen LogP contribution in [0, 0.1) is 0 Å². The molecular formula is C12H30Ge2P. The summed E-state index contributed by atoms with van der Waals surface area (Å²) in [6, 6.07) is 0. The van der Waals surface area contributed by atoms with Gasteiger partial charge in [0.1, 0.15) is 0 Å². The van der Waals surface area contributed by atoms with Gasteiger partial charge in [0, 0.05) is 0 Å². The molecule has 0 bridgehead atoms. The maximum absolute atomic E-state index is 2.48. The van der Waals surface area contributed by atoms with Gasteiger partial charge < -0.3 is 0 Å². The molecule has 0 unspecified atom stereocenters. The molecule has 91 valence electrons. The Morgan fingerprint density at radius 1 is 0.533 bits per heavy atom. The molecule has 0 aromatic rings. The first-order chi connectivity index (χ1) is 7.07. The van der Waals surface area contributed by atoms with Gasteiger partial charge in [-0.3, -0.25) is 0 Å². The van der Waals surface area contributed by atoms with Crippen molar-refractivity contribution in [1.29, 1.82) is 0 Å². The summed E-state index contributed by atoms with van der Waals surface area (Å²) in [7, 11) is 0. The van der Waals surface area contributed by atoms with Crippen LogP contribution in [0.3, 0.4) is 0 Å². The summed E-state index contributed by atoms with van der Waals surface area (Å²) in [5, 5.41) is 9.43. The normalized spacial score (nSPS) is 13.2. The Morgan fingerprint density at radius 2 is 0.733 bits per heavy atom. The molecule has 0 rings (SSSR count). The summed E-state index contributed by atoms with van der Waals surface area (Å²) >= 11 is -2.79. The molecule has 0 spiro atoms. The van der Waals surface area contributed by atoms with E-state index in [-0.39, 0.29) is 0 Å². The first-order valence-electron chi connectivity index (χ1n) is 6.81. The molecule has 0 amide bonds. The van der Waals surface area contributed by atoms with Gasteiger partial charge >= 0.3 is 104 Å². The van der Waals surface area contributed by atoms with Gasteiger partial charge in [-0.25, -0.2) is 0 Å². The fraction of sp³-hybridized carbons (Fsp3) is 1.00. The zero-order chi connectivity index (χ0) is 11.9. The summed E-state index contributed by atoms with van der Waals surface area (Å²) in [6.45, 7) is 14.9. The van der Waals surface area contributed by atoms with E-state index in [1.54, 1.807) is 31.5 Å². The van der Waals surface area contributed by atoms with Crippen molar-refractivity contribution in [1.82, 2.24) is 0 Å². The average Bonchev–Trinajstić information content (AvgIpc) is 2.33. The van der Waals surface area contributed by atoms with Crippen molar-refractivity contribution in [3.63, 3.8) is 0 Å². The molecule has 0 aliphatic carbocycles. The molecule has 0 fully saturated rings. The SMILES string of the molecule is C[CH2][Ge]([CH2]C)([CH2]C)[P][Ge]([CH2]C)([CH2]C)[CH2]C. The third-order valence-corrected chi connectivity index (χ3v) is 68.8. The molecule has 0 aromatic heterocycles. The second-order valence-electron chi connectivity index (χ2n) is 4.68. The Kier molecular flexibility index (Phi) is 8.55. The zero-order valence-corrected chi connectivity index (χ0v) is 16.8. The van der Waals surface area contributed by atoms with Crippen LogP contribution in [-0.2, 0) is 0 Å². The van der Waals surface area contributed by atoms with Crippen LogP contribution in [0.15, 0.2) is 0 Å². The van der Waals surface area contributed by atoms with Crippen molar-refractivity contribution in [2.24, 2.45) is 0 Å². The van der Waals surface area contributed by atoms with Crippen LogP contribution in [-0.4, -0.2) is 25.6 Å². The van der Waals surface area contributed by atoms with E-state index in [9.17, 15) is 0 Å². The van der Waals surface area contributed by atoms with Gasteiger partial charge in [0.05, 0.1) is 0 Å². The van der Waals surface area contributed by atoms with Crippen molar-refractivity contribution >= 4 is 31.4 Å². The van der Waals surface area contributed by atoms with Gasteiger partial charge in [-0.1, -0.05) is 0 Å². The molecule has 0 aromatic carbocycles. The molecule has 0 atom stereocenters. The molecule has 3 heteroatoms. The van der Waals surface area contributed by atoms with Crippen LogP contribution in [0.1, 0.15) is 41.5 Å². The molecule has 1 radical (unpaired) electrons. The Morgan fingerprint density at radius 3 is 0.867 bits per heavy atom. The Bertz CT molecular complexity index is 128. The number of hydrogen-bond donors (Lipinski definition) is 0. The van der Waals surface area contributed by atoms with Gasteiger partial charge in [-0.2, -0.15) is 0 Å². The number of rotatable bonds is 8. The standard InChI is InChI=1S/C12H30Ge2P/c1-7-13(8-2,9-3)15-14(10-4,11-5)12-6/h7-12H2,1-6H3. The van der Waals surface area contributed by atoms with Gasteiger partial charge in [0.15, 0.2) is 0 Å². The summed E-state index contributed by atoms with van der Waals surface area (Å²) < 4.78 is 0. The topological polar surface area (TPSA) is 0 Å². The average molecular weight is 351 g/mol. The van der Waals surface area contributed by atoms with Crippen molar-refractivity contribution in [2.45, 2.75) is 73.1 Å². The molecule has 0 aliphatic rings. The fourth-order valence-corrected chi connectivity index (χ4v) is 87.0. The minimum absolute atomic E-state index is 1.40. The van der Waals surface area contributed by atoms with Crippen molar-refractivity contribution in [3.8, 4) is 0 Å². The zero-order valence-electron chi connectivity index (χ0n) is 11.7. The summed E-state index contributed by atoms with van der Waals surface area (Å²) in [5.41, 5.74) is 0. The maximum atomic E-state index is 2.48.